The number of carbonyl (C=O) groups is 1. The molecule has 1 aromatic carbocycles. The lowest BCUT2D eigenvalue weighted by Crippen LogP contribution is -2.05. The zero-order valence-corrected chi connectivity index (χ0v) is 9.80. The van der Waals surface area contributed by atoms with Crippen molar-refractivity contribution in [3.05, 3.63) is 34.9 Å². The van der Waals surface area contributed by atoms with Gasteiger partial charge in [0.05, 0.1) is 12.2 Å². The molecule has 2 nitrogen and oxygen atoms in total. The summed E-state index contributed by atoms with van der Waals surface area (Å²) in [6, 6.07) is 5.53. The van der Waals surface area contributed by atoms with Crippen LogP contribution in [0.15, 0.2) is 18.2 Å². The van der Waals surface area contributed by atoms with Crippen LogP contribution in [-0.4, -0.2) is 12.6 Å². The van der Waals surface area contributed by atoms with Gasteiger partial charge in [-0.2, -0.15) is 0 Å². The van der Waals surface area contributed by atoms with Gasteiger partial charge in [-0.3, -0.25) is 0 Å². The number of halogens is 1. The van der Waals surface area contributed by atoms with Crippen molar-refractivity contribution in [1.82, 2.24) is 0 Å². The van der Waals surface area contributed by atoms with Crippen LogP contribution in [-0.2, 0) is 17.0 Å². The van der Waals surface area contributed by atoms with Crippen molar-refractivity contribution in [2.75, 3.05) is 6.61 Å². The summed E-state index contributed by atoms with van der Waals surface area (Å²) in [6.45, 7) is 4.25. The highest BCUT2D eigenvalue weighted by atomic mass is 35.5. The number of benzene rings is 1. The average Bonchev–Trinajstić information content (AvgIpc) is 2.28. The summed E-state index contributed by atoms with van der Waals surface area (Å²) in [4.78, 5) is 11.4. The van der Waals surface area contributed by atoms with E-state index in [4.69, 9.17) is 16.3 Å². The second kappa shape index (κ2) is 5.76. The molecular weight excluding hydrogens is 212 g/mol. The van der Waals surface area contributed by atoms with E-state index in [9.17, 15) is 4.79 Å². The second-order valence-corrected chi connectivity index (χ2v) is 3.46. The molecule has 0 radical (unpaired) electrons. The van der Waals surface area contributed by atoms with Crippen LogP contribution in [0.25, 0.3) is 0 Å². The van der Waals surface area contributed by atoms with Gasteiger partial charge in [0.1, 0.15) is 0 Å². The largest absolute Gasteiger partial charge is 0.462 e. The monoisotopic (exact) mass is 226 g/mol. The molecule has 0 aliphatic heterocycles. The second-order valence-electron chi connectivity index (χ2n) is 3.19. The minimum Gasteiger partial charge on any atom is -0.462 e. The van der Waals surface area contributed by atoms with E-state index in [1.807, 2.05) is 12.1 Å². The smallest absolute Gasteiger partial charge is 0.338 e. The third-order valence-electron chi connectivity index (χ3n) is 2.24. The first kappa shape index (κ1) is 12.1. The van der Waals surface area contributed by atoms with E-state index in [1.54, 1.807) is 13.0 Å². The van der Waals surface area contributed by atoms with E-state index in [2.05, 4.69) is 6.92 Å². The van der Waals surface area contributed by atoms with Crippen LogP contribution in [0.2, 0.25) is 0 Å². The minimum atomic E-state index is -0.286. The van der Waals surface area contributed by atoms with Crippen LogP contribution in [0.4, 0.5) is 0 Å². The zero-order valence-electron chi connectivity index (χ0n) is 9.05. The average molecular weight is 227 g/mol. The Morgan fingerprint density at radius 3 is 2.60 bits per heavy atom. The molecule has 0 N–H and O–H groups in total. The number of esters is 1. The van der Waals surface area contributed by atoms with Crippen molar-refractivity contribution < 1.29 is 9.53 Å². The first-order chi connectivity index (χ1) is 7.22. The number of alkyl halides is 1. The van der Waals surface area contributed by atoms with Crippen LogP contribution < -0.4 is 0 Å². The van der Waals surface area contributed by atoms with Gasteiger partial charge in [0.2, 0.25) is 0 Å². The molecule has 0 amide bonds. The third-order valence-corrected chi connectivity index (χ3v) is 2.53. The lowest BCUT2D eigenvalue weighted by atomic mass is 10.0. The molecule has 0 saturated carbocycles. The normalized spacial score (nSPS) is 10.1. The van der Waals surface area contributed by atoms with Gasteiger partial charge in [-0.25, -0.2) is 4.79 Å². The SMILES string of the molecule is CCOC(=O)c1ccc(CC)c(CCl)c1. The topological polar surface area (TPSA) is 26.3 Å². The number of hydrogen-bond donors (Lipinski definition) is 0. The highest BCUT2D eigenvalue weighted by molar-refractivity contribution is 6.17. The van der Waals surface area contributed by atoms with E-state index in [0.29, 0.717) is 18.1 Å². The molecule has 0 fully saturated rings. The van der Waals surface area contributed by atoms with Crippen molar-refractivity contribution >= 4 is 17.6 Å². The van der Waals surface area contributed by atoms with Crippen LogP contribution >= 0.6 is 11.6 Å². The van der Waals surface area contributed by atoms with Gasteiger partial charge in [0.15, 0.2) is 0 Å². The summed E-state index contributed by atoms with van der Waals surface area (Å²) in [5.41, 5.74) is 2.76. The van der Waals surface area contributed by atoms with Gasteiger partial charge in [-0.05, 0) is 36.6 Å². The van der Waals surface area contributed by atoms with E-state index in [1.165, 1.54) is 5.56 Å². The molecular formula is C12H15ClO2. The minimum absolute atomic E-state index is 0.286. The molecule has 0 atom stereocenters. The van der Waals surface area contributed by atoms with E-state index in [-0.39, 0.29) is 5.97 Å². The number of rotatable bonds is 4. The van der Waals surface area contributed by atoms with Crippen molar-refractivity contribution in [3.63, 3.8) is 0 Å². The molecule has 0 aromatic heterocycles. The maximum atomic E-state index is 11.4. The molecule has 1 rings (SSSR count). The standard InChI is InChI=1S/C12H15ClO2/c1-3-9-5-6-10(7-11(9)8-13)12(14)15-4-2/h5-7H,3-4,8H2,1-2H3. The van der Waals surface area contributed by atoms with Gasteiger partial charge in [-0.1, -0.05) is 13.0 Å². The van der Waals surface area contributed by atoms with Gasteiger partial charge >= 0.3 is 5.97 Å². The number of aryl methyl sites for hydroxylation is 1. The maximum absolute atomic E-state index is 11.4. The molecule has 0 unspecified atom stereocenters. The first-order valence-electron chi connectivity index (χ1n) is 5.07. The summed E-state index contributed by atoms with van der Waals surface area (Å²) in [5.74, 6) is 0.141. The predicted octanol–water partition coefficient (Wildman–Crippen LogP) is 3.16. The Labute approximate surface area is 95.2 Å². The van der Waals surface area contributed by atoms with Crippen LogP contribution in [0.1, 0.15) is 35.3 Å². The van der Waals surface area contributed by atoms with E-state index >= 15 is 0 Å². The summed E-state index contributed by atoms with van der Waals surface area (Å²) in [7, 11) is 0. The van der Waals surface area contributed by atoms with Crippen LogP contribution in [0.3, 0.4) is 0 Å². The Balaban J connectivity index is 2.97. The van der Waals surface area contributed by atoms with Crippen molar-refractivity contribution in [3.8, 4) is 0 Å². The quantitative estimate of drug-likeness (QED) is 0.582. The van der Waals surface area contributed by atoms with E-state index < -0.39 is 0 Å². The Morgan fingerprint density at radius 1 is 1.33 bits per heavy atom. The fourth-order valence-corrected chi connectivity index (χ4v) is 1.69. The first-order valence-corrected chi connectivity index (χ1v) is 5.61. The van der Waals surface area contributed by atoms with Gasteiger partial charge in [0.25, 0.3) is 0 Å². The summed E-state index contributed by atoms with van der Waals surface area (Å²) in [6.07, 6.45) is 0.922. The molecule has 0 heterocycles. The molecule has 15 heavy (non-hydrogen) atoms. The van der Waals surface area contributed by atoms with Crippen LogP contribution in [0.5, 0.6) is 0 Å². The zero-order chi connectivity index (χ0) is 11.3. The molecule has 0 bridgehead atoms. The van der Waals surface area contributed by atoms with Crippen molar-refractivity contribution in [2.45, 2.75) is 26.1 Å². The predicted molar refractivity (Wildman–Crippen MR) is 61.3 cm³/mol. The Morgan fingerprint density at radius 2 is 2.07 bits per heavy atom. The maximum Gasteiger partial charge on any atom is 0.338 e. The fraction of sp³-hybridized carbons (Fsp3) is 0.417. The molecule has 0 aliphatic rings. The van der Waals surface area contributed by atoms with Crippen LogP contribution in [0, 0.1) is 0 Å². The van der Waals surface area contributed by atoms with Crippen molar-refractivity contribution in [2.24, 2.45) is 0 Å². The molecule has 82 valence electrons. The van der Waals surface area contributed by atoms with Gasteiger partial charge in [-0.15, -0.1) is 11.6 Å². The fourth-order valence-electron chi connectivity index (χ4n) is 1.44. The van der Waals surface area contributed by atoms with Crippen molar-refractivity contribution in [1.29, 1.82) is 0 Å². The number of carbonyl (C=O) groups excluding carboxylic acids is 1. The molecule has 0 aliphatic carbocycles. The molecule has 3 heteroatoms. The summed E-state index contributed by atoms with van der Waals surface area (Å²) in [5, 5.41) is 0. The summed E-state index contributed by atoms with van der Waals surface area (Å²) < 4.78 is 4.92. The highest BCUT2D eigenvalue weighted by Crippen LogP contribution is 2.15. The van der Waals surface area contributed by atoms with Gasteiger partial charge in [0, 0.05) is 5.88 Å². The lowest BCUT2D eigenvalue weighted by molar-refractivity contribution is 0.0526. The number of ether oxygens (including phenoxy) is 1. The molecule has 1 aromatic rings. The molecule has 0 saturated heterocycles. The Bertz CT molecular complexity index is 347. The lowest BCUT2D eigenvalue weighted by Gasteiger charge is -2.07. The Hall–Kier alpha value is -1.02. The van der Waals surface area contributed by atoms with Gasteiger partial charge < -0.3 is 4.74 Å². The third kappa shape index (κ3) is 2.96. The summed E-state index contributed by atoms with van der Waals surface area (Å²) >= 11 is 5.81. The Kier molecular flexibility index (Phi) is 4.63. The van der Waals surface area contributed by atoms with E-state index in [0.717, 1.165) is 12.0 Å². The number of hydrogen-bond acceptors (Lipinski definition) is 2. The highest BCUT2D eigenvalue weighted by Gasteiger charge is 2.08. The molecule has 0 spiro atoms.